The predicted molar refractivity (Wildman–Crippen MR) is 117 cm³/mol. The Morgan fingerprint density at radius 2 is 2.10 bits per heavy atom. The largest absolute Gasteiger partial charge is 0.402 e. The van der Waals surface area contributed by atoms with Crippen molar-refractivity contribution in [3.05, 3.63) is 47.3 Å². The van der Waals surface area contributed by atoms with Crippen LogP contribution in [0, 0.1) is 0 Å². The summed E-state index contributed by atoms with van der Waals surface area (Å²) in [6.07, 6.45) is 8.39. The summed E-state index contributed by atoms with van der Waals surface area (Å²) in [5.74, 6) is 1.39. The molecule has 10 heteroatoms. The second kappa shape index (κ2) is 8.00. The summed E-state index contributed by atoms with van der Waals surface area (Å²) < 4.78 is 1.84. The molecule has 1 saturated heterocycles. The molecular weight excluding hydrogens is 402 g/mol. The van der Waals surface area contributed by atoms with Gasteiger partial charge in [-0.05, 0) is 26.8 Å². The molecule has 30 heavy (non-hydrogen) atoms. The highest BCUT2D eigenvalue weighted by molar-refractivity contribution is 6.29. The molecule has 0 amide bonds. The molecule has 0 bridgehead atoms. The topological polar surface area (TPSA) is 123 Å². The Bertz CT molecular complexity index is 1120. The highest BCUT2D eigenvalue weighted by atomic mass is 35.5. The van der Waals surface area contributed by atoms with E-state index in [-0.39, 0.29) is 18.1 Å². The lowest BCUT2D eigenvalue weighted by Gasteiger charge is -2.44. The number of fused-ring (bicyclic) bond motifs is 1. The van der Waals surface area contributed by atoms with Gasteiger partial charge in [-0.1, -0.05) is 11.6 Å². The van der Waals surface area contributed by atoms with Gasteiger partial charge in [0.15, 0.2) is 17.7 Å². The Hall–Kier alpha value is -3.04. The summed E-state index contributed by atoms with van der Waals surface area (Å²) in [6.45, 7) is 6.92. The van der Waals surface area contributed by atoms with Gasteiger partial charge in [-0.3, -0.25) is 9.81 Å². The molecule has 4 rings (SSSR count). The van der Waals surface area contributed by atoms with E-state index in [1.165, 1.54) is 0 Å². The third-order valence-corrected chi connectivity index (χ3v) is 5.60. The van der Waals surface area contributed by atoms with E-state index in [1.54, 1.807) is 31.0 Å². The molecule has 5 N–H and O–H groups in total. The molecule has 0 aromatic carbocycles. The molecule has 1 aliphatic heterocycles. The monoisotopic (exact) mass is 426 g/mol. The Morgan fingerprint density at radius 3 is 2.83 bits per heavy atom. The maximum absolute atomic E-state index is 6.08. The third-order valence-electron chi connectivity index (χ3n) is 5.41. The molecule has 1 fully saturated rings. The average molecular weight is 427 g/mol. The van der Waals surface area contributed by atoms with Gasteiger partial charge in [-0.25, -0.2) is 19.9 Å². The number of aromatic nitrogens is 5. The minimum absolute atomic E-state index is 0.0113. The summed E-state index contributed by atoms with van der Waals surface area (Å²) in [4.78, 5) is 20.0. The van der Waals surface area contributed by atoms with E-state index >= 15 is 0 Å². The van der Waals surface area contributed by atoms with Crippen LogP contribution >= 0.6 is 11.6 Å². The smallest absolute Gasteiger partial charge is 0.180 e. The number of anilines is 1. The van der Waals surface area contributed by atoms with E-state index in [0.717, 1.165) is 23.6 Å². The van der Waals surface area contributed by atoms with E-state index in [1.807, 2.05) is 17.4 Å². The van der Waals surface area contributed by atoms with Crippen LogP contribution in [0.5, 0.6) is 0 Å². The Labute approximate surface area is 179 Å². The molecule has 3 aromatic heterocycles. The fourth-order valence-corrected chi connectivity index (χ4v) is 4.08. The standard InChI is InChI=1S/C20H24ClN9/c1-11-9-29(13(3)19(27-11)14(6-22)12(2)23)17-4-5-24-20(28-17)15-7-26-18-8-25-16(21)10-30(15)18/h4-8,10-11,13,19,22,27H,9,23H2,1-3H3/p+1/b14-12+,22-6?. The number of nitrogens with zero attached hydrogens (tertiary/aromatic N) is 6. The highest BCUT2D eigenvalue weighted by Crippen LogP contribution is 2.26. The van der Waals surface area contributed by atoms with Crippen molar-refractivity contribution < 1.29 is 5.41 Å². The normalized spacial score (nSPS) is 22.8. The van der Waals surface area contributed by atoms with Gasteiger partial charge in [0.1, 0.15) is 16.7 Å². The number of allylic oxidation sites excluding steroid dienone is 1. The molecule has 9 nitrogen and oxygen atoms in total. The van der Waals surface area contributed by atoms with Crippen LogP contribution in [0.2, 0.25) is 5.15 Å². The first-order chi connectivity index (χ1) is 14.4. The lowest BCUT2D eigenvalue weighted by Crippen LogP contribution is -2.62. The van der Waals surface area contributed by atoms with Crippen molar-refractivity contribution in [2.45, 2.75) is 38.9 Å². The van der Waals surface area contributed by atoms with Crippen LogP contribution in [0.1, 0.15) is 20.8 Å². The first-order valence-corrected chi connectivity index (χ1v) is 10.1. The summed E-state index contributed by atoms with van der Waals surface area (Å²) in [5, 5.41) is 9.85. The molecule has 3 aromatic rings. The van der Waals surface area contributed by atoms with Crippen molar-refractivity contribution in [2.24, 2.45) is 5.73 Å². The lowest BCUT2D eigenvalue weighted by atomic mass is 9.94. The van der Waals surface area contributed by atoms with Gasteiger partial charge in [0.25, 0.3) is 0 Å². The predicted octanol–water partition coefficient (Wildman–Crippen LogP) is 0.458. The lowest BCUT2D eigenvalue weighted by molar-refractivity contribution is -0.105. The van der Waals surface area contributed by atoms with Crippen LogP contribution in [0.15, 0.2) is 42.1 Å². The number of piperazine rings is 1. The third kappa shape index (κ3) is 3.61. The molecular formula is C20H25ClN9+. The van der Waals surface area contributed by atoms with Crippen molar-refractivity contribution in [3.8, 4) is 11.5 Å². The number of hydrogen-bond acceptors (Lipinski definition) is 7. The van der Waals surface area contributed by atoms with E-state index in [2.05, 4.69) is 39.0 Å². The first kappa shape index (κ1) is 20.2. The zero-order valence-electron chi connectivity index (χ0n) is 17.1. The number of hydrogen-bond donors (Lipinski definition) is 3. The minimum atomic E-state index is -0.0113. The van der Waals surface area contributed by atoms with Gasteiger partial charge in [0.05, 0.1) is 24.0 Å². The summed E-state index contributed by atoms with van der Waals surface area (Å²) in [5.41, 5.74) is 9.11. The highest BCUT2D eigenvalue weighted by Gasteiger charge is 2.35. The number of nitrogens with one attached hydrogen (secondary N) is 1. The number of rotatable bonds is 4. The van der Waals surface area contributed by atoms with E-state index < -0.39 is 0 Å². The zero-order chi connectivity index (χ0) is 21.4. The molecule has 0 radical (unpaired) electrons. The van der Waals surface area contributed by atoms with Gasteiger partial charge in [0, 0.05) is 36.7 Å². The molecule has 0 aliphatic carbocycles. The minimum Gasteiger partial charge on any atom is -0.402 e. The number of halogens is 1. The first-order valence-electron chi connectivity index (χ1n) is 9.75. The second-order valence-electron chi connectivity index (χ2n) is 7.56. The van der Waals surface area contributed by atoms with E-state index in [9.17, 15) is 0 Å². The van der Waals surface area contributed by atoms with Crippen molar-refractivity contribution >= 4 is 29.3 Å². The molecule has 1 aliphatic rings. The van der Waals surface area contributed by atoms with E-state index in [0.29, 0.717) is 22.3 Å². The second-order valence-corrected chi connectivity index (χ2v) is 7.95. The van der Waals surface area contributed by atoms with Crippen LogP contribution in [0.3, 0.4) is 0 Å². The Balaban J connectivity index is 1.73. The van der Waals surface area contributed by atoms with Crippen molar-refractivity contribution in [3.63, 3.8) is 0 Å². The van der Waals surface area contributed by atoms with E-state index in [4.69, 9.17) is 27.7 Å². The maximum Gasteiger partial charge on any atom is 0.180 e. The van der Waals surface area contributed by atoms with Crippen LogP contribution < -0.4 is 21.4 Å². The van der Waals surface area contributed by atoms with Gasteiger partial charge in [0.2, 0.25) is 0 Å². The molecule has 0 saturated carbocycles. The van der Waals surface area contributed by atoms with Crippen LogP contribution in [-0.4, -0.2) is 55.2 Å². The van der Waals surface area contributed by atoms with Gasteiger partial charge >= 0.3 is 0 Å². The summed E-state index contributed by atoms with van der Waals surface area (Å²) >= 11 is 6.06. The molecule has 156 valence electrons. The van der Waals surface area contributed by atoms with Crippen molar-refractivity contribution in [2.75, 3.05) is 11.4 Å². The van der Waals surface area contributed by atoms with Crippen LogP contribution in [0.25, 0.3) is 17.2 Å². The average Bonchev–Trinajstić information content (AvgIpc) is 3.13. The van der Waals surface area contributed by atoms with Gasteiger partial charge in [-0.2, -0.15) is 0 Å². The molecule has 3 unspecified atom stereocenters. The Morgan fingerprint density at radius 1 is 1.30 bits per heavy atom. The summed E-state index contributed by atoms with van der Waals surface area (Å²) in [7, 11) is 0. The summed E-state index contributed by atoms with van der Waals surface area (Å²) in [6, 6.07) is 2.21. The van der Waals surface area contributed by atoms with Crippen molar-refractivity contribution in [1.29, 1.82) is 0 Å². The zero-order valence-corrected chi connectivity index (χ0v) is 17.9. The van der Waals surface area contributed by atoms with Crippen LogP contribution in [0.4, 0.5) is 5.82 Å². The maximum atomic E-state index is 6.08. The molecule has 3 atom stereocenters. The molecule has 4 heterocycles. The van der Waals surface area contributed by atoms with Crippen LogP contribution in [-0.2, 0) is 0 Å². The van der Waals surface area contributed by atoms with Crippen molar-refractivity contribution in [1.82, 2.24) is 29.7 Å². The van der Waals surface area contributed by atoms with Gasteiger partial charge in [-0.15, -0.1) is 0 Å². The van der Waals surface area contributed by atoms with Gasteiger partial charge < -0.3 is 16.0 Å². The number of imidazole rings is 1. The Kier molecular flexibility index (Phi) is 5.40. The quantitative estimate of drug-likeness (QED) is 0.518. The fourth-order valence-electron chi connectivity index (χ4n) is 3.94. The number of nitrogens with two attached hydrogens (primary N) is 2. The SMILES string of the molecule is C/C(N)=C(/C=[NH2+])C1NC(C)CN(c2ccnc(-c3cnc4cnc(Cl)cn34)n2)C1C. The fraction of sp³-hybridized carbons (Fsp3) is 0.350. The molecule has 0 spiro atoms.